The van der Waals surface area contributed by atoms with Crippen molar-refractivity contribution in [3.05, 3.63) is 34.6 Å². The molecule has 0 amide bonds. The molecule has 0 aliphatic carbocycles. The van der Waals surface area contributed by atoms with E-state index < -0.39 is 0 Å². The van der Waals surface area contributed by atoms with E-state index in [2.05, 4.69) is 5.32 Å². The second kappa shape index (κ2) is 3.04. The van der Waals surface area contributed by atoms with Gasteiger partial charge in [-0.2, -0.15) is 0 Å². The predicted octanol–water partition coefficient (Wildman–Crippen LogP) is 2.51. The fourth-order valence-corrected chi connectivity index (χ4v) is 1.52. The molecule has 1 unspecified atom stereocenters. The van der Waals surface area contributed by atoms with E-state index in [1.165, 1.54) is 6.07 Å². The zero-order chi connectivity index (χ0) is 8.55. The molecule has 0 radical (unpaired) electrons. The first-order chi connectivity index (χ1) is 5.77. The number of hydrogen-bond donors (Lipinski definition) is 1. The van der Waals surface area contributed by atoms with Crippen LogP contribution in [0, 0.1) is 5.82 Å². The Balaban J connectivity index is 2.34. The van der Waals surface area contributed by atoms with Gasteiger partial charge in [-0.1, -0.05) is 11.6 Å². The van der Waals surface area contributed by atoms with Crippen LogP contribution in [0.2, 0.25) is 5.02 Å². The van der Waals surface area contributed by atoms with Gasteiger partial charge in [0, 0.05) is 16.6 Å². The molecule has 1 aliphatic heterocycles. The van der Waals surface area contributed by atoms with E-state index in [-0.39, 0.29) is 11.9 Å². The molecule has 3 heteroatoms. The van der Waals surface area contributed by atoms with Gasteiger partial charge in [-0.3, -0.25) is 0 Å². The SMILES string of the molecule is Fc1ccc(Cl)cc1C1CCN1. The fraction of sp³-hybridized carbons (Fsp3) is 0.333. The lowest BCUT2D eigenvalue weighted by Gasteiger charge is -2.28. The van der Waals surface area contributed by atoms with Crippen LogP contribution < -0.4 is 5.32 Å². The average molecular weight is 186 g/mol. The molecule has 1 aromatic carbocycles. The Labute approximate surface area is 75.5 Å². The minimum absolute atomic E-state index is 0.170. The molecule has 1 atom stereocenters. The molecule has 0 spiro atoms. The van der Waals surface area contributed by atoms with Gasteiger partial charge in [-0.25, -0.2) is 4.39 Å². The van der Waals surface area contributed by atoms with Crippen LogP contribution in [0.15, 0.2) is 18.2 Å². The molecular formula is C9H9ClFN. The lowest BCUT2D eigenvalue weighted by molar-refractivity contribution is 0.370. The molecule has 2 rings (SSSR count). The summed E-state index contributed by atoms with van der Waals surface area (Å²) in [6.07, 6.45) is 0.997. The van der Waals surface area contributed by atoms with E-state index in [0.29, 0.717) is 10.6 Å². The lowest BCUT2D eigenvalue weighted by atomic mass is 9.98. The third-order valence-electron chi connectivity index (χ3n) is 2.16. The smallest absolute Gasteiger partial charge is 0.128 e. The number of nitrogens with one attached hydrogen (secondary N) is 1. The minimum atomic E-state index is -0.170. The molecule has 1 N–H and O–H groups in total. The number of rotatable bonds is 1. The Kier molecular flexibility index (Phi) is 2.03. The van der Waals surface area contributed by atoms with Crippen molar-refractivity contribution in [2.24, 2.45) is 0 Å². The van der Waals surface area contributed by atoms with Crippen molar-refractivity contribution >= 4 is 11.6 Å². The maximum Gasteiger partial charge on any atom is 0.128 e. The standard InChI is InChI=1S/C9H9ClFN/c10-6-1-2-8(11)7(5-6)9-3-4-12-9/h1-2,5,9,12H,3-4H2. The van der Waals surface area contributed by atoms with Crippen molar-refractivity contribution in [2.75, 3.05) is 6.54 Å². The summed E-state index contributed by atoms with van der Waals surface area (Å²) in [6, 6.07) is 4.84. The summed E-state index contributed by atoms with van der Waals surface area (Å²) in [5, 5.41) is 3.73. The van der Waals surface area contributed by atoms with Crippen molar-refractivity contribution in [2.45, 2.75) is 12.5 Å². The zero-order valence-electron chi connectivity index (χ0n) is 6.48. The van der Waals surface area contributed by atoms with E-state index in [1.54, 1.807) is 12.1 Å². The van der Waals surface area contributed by atoms with Gasteiger partial charge in [0.1, 0.15) is 5.82 Å². The normalized spacial score (nSPS) is 22.0. The summed E-state index contributed by atoms with van der Waals surface area (Å²) < 4.78 is 13.1. The molecule has 0 bridgehead atoms. The summed E-state index contributed by atoms with van der Waals surface area (Å²) >= 11 is 5.75. The highest BCUT2D eigenvalue weighted by Crippen LogP contribution is 2.27. The Morgan fingerprint density at radius 3 is 2.83 bits per heavy atom. The van der Waals surface area contributed by atoms with Crippen molar-refractivity contribution < 1.29 is 4.39 Å². The van der Waals surface area contributed by atoms with Gasteiger partial charge in [0.2, 0.25) is 0 Å². The zero-order valence-corrected chi connectivity index (χ0v) is 7.24. The van der Waals surface area contributed by atoms with Gasteiger partial charge in [-0.15, -0.1) is 0 Å². The molecule has 1 saturated heterocycles. The highest BCUT2D eigenvalue weighted by Gasteiger charge is 2.21. The van der Waals surface area contributed by atoms with Crippen LogP contribution >= 0.6 is 11.6 Å². The van der Waals surface area contributed by atoms with Crippen molar-refractivity contribution in [1.82, 2.24) is 5.32 Å². The van der Waals surface area contributed by atoms with Crippen LogP contribution in [-0.4, -0.2) is 6.54 Å². The topological polar surface area (TPSA) is 12.0 Å². The number of benzene rings is 1. The lowest BCUT2D eigenvalue weighted by Crippen LogP contribution is -2.35. The molecule has 1 heterocycles. The third-order valence-corrected chi connectivity index (χ3v) is 2.39. The van der Waals surface area contributed by atoms with Crippen LogP contribution in [0.4, 0.5) is 4.39 Å². The van der Waals surface area contributed by atoms with Gasteiger partial charge in [0.15, 0.2) is 0 Å². The first-order valence-corrected chi connectivity index (χ1v) is 4.33. The molecule has 1 nitrogen and oxygen atoms in total. The van der Waals surface area contributed by atoms with Crippen LogP contribution in [-0.2, 0) is 0 Å². The molecule has 1 aliphatic rings. The Bertz CT molecular complexity index is 297. The number of halogens is 2. The fourth-order valence-electron chi connectivity index (χ4n) is 1.34. The Morgan fingerprint density at radius 2 is 2.25 bits per heavy atom. The van der Waals surface area contributed by atoms with Gasteiger partial charge in [0.05, 0.1) is 0 Å². The van der Waals surface area contributed by atoms with Gasteiger partial charge >= 0.3 is 0 Å². The maximum absolute atomic E-state index is 13.1. The quantitative estimate of drug-likeness (QED) is 0.709. The van der Waals surface area contributed by atoms with Crippen molar-refractivity contribution in [1.29, 1.82) is 0 Å². The second-order valence-electron chi connectivity index (χ2n) is 2.96. The largest absolute Gasteiger partial charge is 0.310 e. The monoisotopic (exact) mass is 185 g/mol. The second-order valence-corrected chi connectivity index (χ2v) is 3.40. The molecule has 1 fully saturated rings. The predicted molar refractivity (Wildman–Crippen MR) is 46.8 cm³/mol. The average Bonchev–Trinajstić information content (AvgIpc) is 1.93. The molecule has 1 aromatic rings. The van der Waals surface area contributed by atoms with Crippen molar-refractivity contribution in [3.8, 4) is 0 Å². The van der Waals surface area contributed by atoms with Gasteiger partial charge < -0.3 is 5.32 Å². The van der Waals surface area contributed by atoms with Crippen LogP contribution in [0.1, 0.15) is 18.0 Å². The van der Waals surface area contributed by atoms with Crippen LogP contribution in [0.25, 0.3) is 0 Å². The Hall–Kier alpha value is -0.600. The van der Waals surface area contributed by atoms with Gasteiger partial charge in [-0.05, 0) is 31.2 Å². The first kappa shape index (κ1) is 8.02. The molecule has 0 saturated carbocycles. The molecule has 12 heavy (non-hydrogen) atoms. The summed E-state index contributed by atoms with van der Waals surface area (Å²) in [7, 11) is 0. The summed E-state index contributed by atoms with van der Waals surface area (Å²) in [4.78, 5) is 0. The maximum atomic E-state index is 13.1. The minimum Gasteiger partial charge on any atom is -0.310 e. The van der Waals surface area contributed by atoms with E-state index in [4.69, 9.17) is 11.6 Å². The van der Waals surface area contributed by atoms with E-state index in [0.717, 1.165) is 13.0 Å². The van der Waals surface area contributed by atoms with E-state index in [9.17, 15) is 4.39 Å². The Morgan fingerprint density at radius 1 is 1.50 bits per heavy atom. The van der Waals surface area contributed by atoms with E-state index in [1.807, 2.05) is 0 Å². The highest BCUT2D eigenvalue weighted by atomic mass is 35.5. The summed E-state index contributed by atoms with van der Waals surface area (Å²) in [6.45, 7) is 0.969. The summed E-state index contributed by atoms with van der Waals surface area (Å²) in [5.74, 6) is -0.170. The van der Waals surface area contributed by atoms with E-state index >= 15 is 0 Å². The molecular weight excluding hydrogens is 177 g/mol. The van der Waals surface area contributed by atoms with Gasteiger partial charge in [0.25, 0.3) is 0 Å². The van der Waals surface area contributed by atoms with Crippen LogP contribution in [0.3, 0.4) is 0 Å². The third kappa shape index (κ3) is 1.32. The van der Waals surface area contributed by atoms with Crippen molar-refractivity contribution in [3.63, 3.8) is 0 Å². The molecule has 0 aromatic heterocycles. The number of hydrogen-bond acceptors (Lipinski definition) is 1. The molecule has 64 valence electrons. The van der Waals surface area contributed by atoms with Crippen LogP contribution in [0.5, 0.6) is 0 Å². The summed E-state index contributed by atoms with van der Waals surface area (Å²) in [5.41, 5.74) is 0.689. The first-order valence-electron chi connectivity index (χ1n) is 3.96. The highest BCUT2D eigenvalue weighted by molar-refractivity contribution is 6.30.